The Bertz CT molecular complexity index is 371. The van der Waals surface area contributed by atoms with Gasteiger partial charge in [-0.2, -0.15) is 0 Å². The fourth-order valence-corrected chi connectivity index (χ4v) is 4.48. The smallest absolute Gasteiger partial charge is 0.193 e. The van der Waals surface area contributed by atoms with Gasteiger partial charge in [0, 0.05) is 38.7 Å². The van der Waals surface area contributed by atoms with Crippen LogP contribution in [0.4, 0.5) is 0 Å². The Labute approximate surface area is 135 Å². The molecule has 2 saturated heterocycles. The van der Waals surface area contributed by atoms with Gasteiger partial charge in [-0.1, -0.05) is 38.5 Å². The van der Waals surface area contributed by atoms with Crippen LogP contribution in [0.2, 0.25) is 0 Å². The van der Waals surface area contributed by atoms with Gasteiger partial charge in [0.05, 0.1) is 6.61 Å². The van der Waals surface area contributed by atoms with E-state index in [1.807, 2.05) is 7.05 Å². The summed E-state index contributed by atoms with van der Waals surface area (Å²) in [5.74, 6) is 2.13. The lowest BCUT2D eigenvalue weighted by Crippen LogP contribution is -2.41. The van der Waals surface area contributed by atoms with Crippen molar-refractivity contribution in [1.82, 2.24) is 10.2 Å². The van der Waals surface area contributed by atoms with Crippen molar-refractivity contribution in [3.63, 3.8) is 0 Å². The van der Waals surface area contributed by atoms with E-state index in [4.69, 9.17) is 4.74 Å². The normalized spacial score (nSPS) is 29.9. The first-order valence-electron chi connectivity index (χ1n) is 9.35. The van der Waals surface area contributed by atoms with Gasteiger partial charge in [-0.05, 0) is 25.2 Å². The van der Waals surface area contributed by atoms with Gasteiger partial charge < -0.3 is 15.0 Å². The van der Waals surface area contributed by atoms with Gasteiger partial charge in [0.25, 0.3) is 0 Å². The monoisotopic (exact) mass is 307 g/mol. The predicted molar refractivity (Wildman–Crippen MR) is 91.2 cm³/mol. The minimum absolute atomic E-state index is 0.417. The van der Waals surface area contributed by atoms with Crippen molar-refractivity contribution >= 4 is 5.96 Å². The summed E-state index contributed by atoms with van der Waals surface area (Å²) in [7, 11) is 1.91. The van der Waals surface area contributed by atoms with Crippen LogP contribution in [0.1, 0.15) is 57.8 Å². The molecule has 0 radical (unpaired) electrons. The van der Waals surface area contributed by atoms with E-state index < -0.39 is 0 Å². The molecule has 2 heterocycles. The van der Waals surface area contributed by atoms with Crippen LogP contribution in [0.25, 0.3) is 0 Å². The van der Waals surface area contributed by atoms with Crippen molar-refractivity contribution in [2.24, 2.45) is 16.3 Å². The highest BCUT2D eigenvalue weighted by Crippen LogP contribution is 2.38. The maximum Gasteiger partial charge on any atom is 0.193 e. The third-order valence-electron chi connectivity index (χ3n) is 5.93. The lowest BCUT2D eigenvalue weighted by Gasteiger charge is -2.25. The van der Waals surface area contributed by atoms with Gasteiger partial charge in [-0.15, -0.1) is 0 Å². The van der Waals surface area contributed by atoms with Crippen LogP contribution in [-0.2, 0) is 4.74 Å². The Kier molecular flexibility index (Phi) is 5.61. The first-order chi connectivity index (χ1) is 10.8. The molecule has 0 aromatic carbocycles. The highest BCUT2D eigenvalue weighted by Gasteiger charge is 2.42. The van der Waals surface area contributed by atoms with Crippen LogP contribution in [-0.4, -0.2) is 50.8 Å². The Balaban J connectivity index is 1.34. The molecule has 0 amide bonds. The Morgan fingerprint density at radius 2 is 2.14 bits per heavy atom. The van der Waals surface area contributed by atoms with E-state index in [2.05, 4.69) is 15.2 Å². The van der Waals surface area contributed by atoms with Crippen LogP contribution < -0.4 is 5.32 Å². The van der Waals surface area contributed by atoms with Crippen molar-refractivity contribution in [2.75, 3.05) is 39.9 Å². The Morgan fingerprint density at radius 1 is 1.27 bits per heavy atom. The number of aliphatic imine (C=N–C) groups is 1. The van der Waals surface area contributed by atoms with Crippen LogP contribution in [0.5, 0.6) is 0 Å². The largest absolute Gasteiger partial charge is 0.381 e. The van der Waals surface area contributed by atoms with Gasteiger partial charge >= 0.3 is 0 Å². The lowest BCUT2D eigenvalue weighted by atomic mass is 9.87. The number of likely N-dealkylation sites (tertiary alicyclic amines) is 1. The van der Waals surface area contributed by atoms with Gasteiger partial charge in [0.2, 0.25) is 0 Å². The first-order valence-corrected chi connectivity index (χ1v) is 9.35. The number of rotatable bonds is 5. The molecular weight excluding hydrogens is 274 g/mol. The molecule has 3 fully saturated rings. The van der Waals surface area contributed by atoms with Crippen molar-refractivity contribution in [1.29, 1.82) is 0 Å². The van der Waals surface area contributed by atoms with Crippen LogP contribution >= 0.6 is 0 Å². The third-order valence-corrected chi connectivity index (χ3v) is 5.93. The average Bonchev–Trinajstić information content (AvgIpc) is 3.27. The Morgan fingerprint density at radius 3 is 2.86 bits per heavy atom. The second-order valence-electron chi connectivity index (χ2n) is 7.59. The van der Waals surface area contributed by atoms with E-state index in [9.17, 15) is 0 Å². The quantitative estimate of drug-likeness (QED) is 0.482. The van der Waals surface area contributed by atoms with E-state index >= 15 is 0 Å². The molecule has 3 aliphatic rings. The van der Waals surface area contributed by atoms with Gasteiger partial charge in [0.15, 0.2) is 5.96 Å². The molecule has 0 aromatic rings. The zero-order chi connectivity index (χ0) is 15.3. The molecule has 1 N–H and O–H groups in total. The molecule has 1 aliphatic carbocycles. The molecule has 0 aromatic heterocycles. The van der Waals surface area contributed by atoms with Gasteiger partial charge in [0.1, 0.15) is 0 Å². The van der Waals surface area contributed by atoms with Gasteiger partial charge in [-0.25, -0.2) is 0 Å². The summed E-state index contributed by atoms with van der Waals surface area (Å²) in [5, 5.41) is 3.58. The lowest BCUT2D eigenvalue weighted by molar-refractivity contribution is 0.156. The zero-order valence-electron chi connectivity index (χ0n) is 14.3. The number of hydrogen-bond donors (Lipinski definition) is 1. The number of nitrogens with zero attached hydrogens (tertiary/aromatic N) is 2. The molecule has 1 atom stereocenters. The number of guanidine groups is 1. The Hall–Kier alpha value is -0.770. The summed E-state index contributed by atoms with van der Waals surface area (Å²) in [4.78, 5) is 6.93. The molecular formula is C18H33N3O. The van der Waals surface area contributed by atoms with Crippen molar-refractivity contribution in [3.8, 4) is 0 Å². The fraction of sp³-hybridized carbons (Fsp3) is 0.944. The summed E-state index contributed by atoms with van der Waals surface area (Å²) in [5.41, 5.74) is 0.417. The molecule has 1 unspecified atom stereocenters. The van der Waals surface area contributed by atoms with Gasteiger partial charge in [-0.3, -0.25) is 4.99 Å². The molecule has 1 spiro atoms. The topological polar surface area (TPSA) is 36.9 Å². The molecule has 4 heteroatoms. The summed E-state index contributed by atoms with van der Waals surface area (Å²) in [6.45, 7) is 5.21. The number of nitrogens with one attached hydrogen (secondary N) is 1. The van der Waals surface area contributed by atoms with E-state index in [0.29, 0.717) is 5.41 Å². The molecule has 1 saturated carbocycles. The molecule has 2 aliphatic heterocycles. The van der Waals surface area contributed by atoms with Crippen LogP contribution in [0.3, 0.4) is 0 Å². The zero-order valence-corrected chi connectivity index (χ0v) is 14.3. The van der Waals surface area contributed by atoms with E-state index in [0.717, 1.165) is 44.7 Å². The second kappa shape index (κ2) is 7.67. The van der Waals surface area contributed by atoms with E-state index in [-0.39, 0.29) is 0 Å². The standard InChI is InChI=1S/C18H33N3O/c1-19-17(20-11-5-4-8-16-6-2-3-7-16)21-12-9-18(14-21)10-13-22-15-18/h16H,2-15H2,1H3,(H,19,20). The number of ether oxygens (including phenoxy) is 1. The molecule has 22 heavy (non-hydrogen) atoms. The summed E-state index contributed by atoms with van der Waals surface area (Å²) < 4.78 is 5.62. The first kappa shape index (κ1) is 16.1. The molecule has 4 nitrogen and oxygen atoms in total. The van der Waals surface area contributed by atoms with E-state index in [1.54, 1.807) is 0 Å². The summed E-state index contributed by atoms with van der Waals surface area (Å²) >= 11 is 0. The van der Waals surface area contributed by atoms with E-state index in [1.165, 1.54) is 57.8 Å². The predicted octanol–water partition coefficient (Wildman–Crippen LogP) is 3.03. The maximum absolute atomic E-state index is 5.62. The molecule has 0 bridgehead atoms. The highest BCUT2D eigenvalue weighted by molar-refractivity contribution is 5.80. The second-order valence-corrected chi connectivity index (χ2v) is 7.59. The van der Waals surface area contributed by atoms with Crippen molar-refractivity contribution < 1.29 is 4.74 Å². The minimum atomic E-state index is 0.417. The fourth-order valence-electron chi connectivity index (χ4n) is 4.48. The maximum atomic E-state index is 5.62. The number of hydrogen-bond acceptors (Lipinski definition) is 2. The van der Waals surface area contributed by atoms with Crippen LogP contribution in [0, 0.1) is 11.3 Å². The highest BCUT2D eigenvalue weighted by atomic mass is 16.5. The average molecular weight is 307 g/mol. The summed E-state index contributed by atoms with van der Waals surface area (Å²) in [6.07, 6.45) is 12.5. The minimum Gasteiger partial charge on any atom is -0.381 e. The SMILES string of the molecule is CN=C(NCCCCC1CCCC1)N1CCC2(CCOC2)C1. The molecule has 3 rings (SSSR count). The van der Waals surface area contributed by atoms with Crippen molar-refractivity contribution in [3.05, 3.63) is 0 Å². The third kappa shape index (κ3) is 3.95. The number of unbranched alkanes of at least 4 members (excludes halogenated alkanes) is 1. The van der Waals surface area contributed by atoms with Crippen molar-refractivity contribution in [2.45, 2.75) is 57.8 Å². The molecule has 126 valence electrons. The van der Waals surface area contributed by atoms with Crippen LogP contribution in [0.15, 0.2) is 4.99 Å². The summed E-state index contributed by atoms with van der Waals surface area (Å²) in [6, 6.07) is 0.